The fourth-order valence-electron chi connectivity index (χ4n) is 2.49. The lowest BCUT2D eigenvalue weighted by atomic mass is 9.67. The van der Waals surface area contributed by atoms with Crippen molar-refractivity contribution in [3.05, 3.63) is 0 Å². The summed E-state index contributed by atoms with van der Waals surface area (Å²) in [5.74, 6) is -1.31. The van der Waals surface area contributed by atoms with Gasteiger partial charge in [-0.05, 0) is 25.7 Å². The van der Waals surface area contributed by atoms with Crippen molar-refractivity contribution in [1.29, 1.82) is 0 Å². The first-order valence-corrected chi connectivity index (χ1v) is 5.77. The van der Waals surface area contributed by atoms with Crippen LogP contribution in [0.3, 0.4) is 0 Å². The highest BCUT2D eigenvalue weighted by Gasteiger charge is 2.53. The maximum atomic E-state index is 12.1. The van der Waals surface area contributed by atoms with E-state index in [1.807, 2.05) is 0 Å². The number of aliphatic hydroxyl groups is 1. The summed E-state index contributed by atoms with van der Waals surface area (Å²) in [4.78, 5) is 24.8. The maximum Gasteiger partial charge on any atom is 0.319 e. The second-order valence-corrected chi connectivity index (χ2v) is 4.79. The minimum Gasteiger partial charge on any atom is -0.480 e. The molecule has 5 heteroatoms. The fraction of sp³-hybridized carbons (Fsp3) is 0.818. The van der Waals surface area contributed by atoms with Crippen LogP contribution in [0.25, 0.3) is 0 Å². The molecule has 2 aliphatic rings. The second-order valence-electron chi connectivity index (χ2n) is 4.79. The Kier molecular flexibility index (Phi) is 2.88. The first-order valence-electron chi connectivity index (χ1n) is 5.77. The third kappa shape index (κ3) is 1.69. The number of hydrogen-bond donors (Lipinski definition) is 2. The molecule has 1 amide bonds. The number of carboxylic acid groups (broad SMARTS) is 1. The highest BCUT2D eigenvalue weighted by molar-refractivity contribution is 6.02. The number of likely N-dealkylation sites (tertiary alicyclic amines) is 1. The number of aliphatic carboxylic acids is 1. The zero-order valence-electron chi connectivity index (χ0n) is 9.19. The van der Waals surface area contributed by atoms with E-state index in [9.17, 15) is 14.7 Å². The molecule has 16 heavy (non-hydrogen) atoms. The van der Waals surface area contributed by atoms with E-state index in [0.29, 0.717) is 25.8 Å². The highest BCUT2D eigenvalue weighted by Crippen LogP contribution is 2.43. The maximum absolute atomic E-state index is 12.1. The predicted molar refractivity (Wildman–Crippen MR) is 55.7 cm³/mol. The molecule has 0 spiro atoms. The smallest absolute Gasteiger partial charge is 0.319 e. The van der Waals surface area contributed by atoms with E-state index >= 15 is 0 Å². The van der Waals surface area contributed by atoms with Crippen LogP contribution >= 0.6 is 0 Å². The summed E-state index contributed by atoms with van der Waals surface area (Å²) in [6, 6.07) is 0. The summed E-state index contributed by atoms with van der Waals surface area (Å²) in [5, 5.41) is 18.6. The molecule has 2 rings (SSSR count). The van der Waals surface area contributed by atoms with E-state index in [2.05, 4.69) is 0 Å². The molecule has 1 aliphatic heterocycles. The van der Waals surface area contributed by atoms with Crippen LogP contribution < -0.4 is 0 Å². The van der Waals surface area contributed by atoms with E-state index in [1.54, 1.807) is 0 Å². The fourth-order valence-corrected chi connectivity index (χ4v) is 2.49. The van der Waals surface area contributed by atoms with Gasteiger partial charge in [0.2, 0.25) is 5.91 Å². The van der Waals surface area contributed by atoms with E-state index in [1.165, 1.54) is 4.90 Å². The molecule has 2 N–H and O–H groups in total. The van der Waals surface area contributed by atoms with E-state index in [4.69, 9.17) is 5.11 Å². The van der Waals surface area contributed by atoms with Gasteiger partial charge in [0.15, 0.2) is 0 Å². The van der Waals surface area contributed by atoms with Gasteiger partial charge in [-0.25, -0.2) is 0 Å². The zero-order chi connectivity index (χ0) is 11.8. The van der Waals surface area contributed by atoms with Crippen molar-refractivity contribution in [2.24, 2.45) is 5.41 Å². The van der Waals surface area contributed by atoms with Gasteiger partial charge in [-0.15, -0.1) is 0 Å². The van der Waals surface area contributed by atoms with Crippen molar-refractivity contribution in [2.75, 3.05) is 13.1 Å². The Hall–Kier alpha value is -1.10. The van der Waals surface area contributed by atoms with Crippen LogP contribution in [-0.4, -0.2) is 46.2 Å². The monoisotopic (exact) mass is 227 g/mol. The van der Waals surface area contributed by atoms with Crippen LogP contribution in [0.4, 0.5) is 0 Å². The van der Waals surface area contributed by atoms with Gasteiger partial charge in [0.25, 0.3) is 0 Å². The Morgan fingerprint density at radius 3 is 2.38 bits per heavy atom. The van der Waals surface area contributed by atoms with Gasteiger partial charge in [0.05, 0.1) is 6.10 Å². The summed E-state index contributed by atoms with van der Waals surface area (Å²) in [7, 11) is 0. The minimum absolute atomic E-state index is 0.286. The molecule has 90 valence electrons. The quantitative estimate of drug-likeness (QED) is 0.662. The molecule has 0 bridgehead atoms. The van der Waals surface area contributed by atoms with Crippen LogP contribution in [0.5, 0.6) is 0 Å². The Morgan fingerprint density at radius 2 is 1.94 bits per heavy atom. The highest BCUT2D eigenvalue weighted by atomic mass is 16.4. The van der Waals surface area contributed by atoms with E-state index < -0.39 is 17.5 Å². The van der Waals surface area contributed by atoms with Gasteiger partial charge in [-0.1, -0.05) is 6.42 Å². The van der Waals surface area contributed by atoms with Crippen molar-refractivity contribution in [1.82, 2.24) is 4.90 Å². The van der Waals surface area contributed by atoms with Gasteiger partial charge in [0, 0.05) is 13.1 Å². The Bertz CT molecular complexity index is 311. The molecule has 1 saturated heterocycles. The molecule has 0 radical (unpaired) electrons. The average Bonchev–Trinajstić information content (AvgIpc) is 2.15. The van der Waals surface area contributed by atoms with Crippen molar-refractivity contribution in [3.8, 4) is 0 Å². The number of amides is 1. The van der Waals surface area contributed by atoms with Crippen molar-refractivity contribution < 1.29 is 19.8 Å². The summed E-state index contributed by atoms with van der Waals surface area (Å²) >= 11 is 0. The first kappa shape index (κ1) is 11.4. The van der Waals surface area contributed by atoms with Gasteiger partial charge < -0.3 is 15.1 Å². The molecule has 1 aliphatic carbocycles. The number of aliphatic hydroxyl groups excluding tert-OH is 1. The lowest BCUT2D eigenvalue weighted by Crippen LogP contribution is -2.55. The van der Waals surface area contributed by atoms with Crippen molar-refractivity contribution in [3.63, 3.8) is 0 Å². The third-order valence-corrected chi connectivity index (χ3v) is 3.71. The van der Waals surface area contributed by atoms with Crippen LogP contribution in [0.1, 0.15) is 32.1 Å². The predicted octanol–water partition coefficient (Wildman–Crippen LogP) is 0.225. The van der Waals surface area contributed by atoms with Gasteiger partial charge >= 0.3 is 5.97 Å². The van der Waals surface area contributed by atoms with Gasteiger partial charge in [0.1, 0.15) is 5.41 Å². The normalized spacial score (nSPS) is 28.3. The summed E-state index contributed by atoms with van der Waals surface area (Å²) in [6.45, 7) is 0.860. The molecule has 5 nitrogen and oxygen atoms in total. The Labute approximate surface area is 94.0 Å². The molecule has 1 atom stereocenters. The molecule has 0 aromatic rings. The molecule has 2 fully saturated rings. The molecule has 1 unspecified atom stereocenters. The van der Waals surface area contributed by atoms with E-state index in [-0.39, 0.29) is 12.5 Å². The molecule has 0 aromatic carbocycles. The van der Waals surface area contributed by atoms with Crippen molar-refractivity contribution >= 4 is 11.9 Å². The Morgan fingerprint density at radius 1 is 1.25 bits per heavy atom. The van der Waals surface area contributed by atoms with Crippen LogP contribution in [-0.2, 0) is 9.59 Å². The average molecular weight is 227 g/mol. The summed E-state index contributed by atoms with van der Waals surface area (Å²) in [5.41, 5.74) is -1.18. The standard InChI is InChI=1S/C11H17NO4/c13-8-3-1-6-12(7-8)9(14)11(10(15)16)4-2-5-11/h8,13H,1-7H2,(H,15,16). The zero-order valence-corrected chi connectivity index (χ0v) is 9.19. The number of nitrogens with zero attached hydrogens (tertiary/aromatic N) is 1. The number of rotatable bonds is 2. The minimum atomic E-state index is -1.18. The lowest BCUT2D eigenvalue weighted by molar-refractivity contribution is -0.169. The molecule has 0 aromatic heterocycles. The number of carbonyl (C=O) groups excluding carboxylic acids is 1. The largest absolute Gasteiger partial charge is 0.480 e. The molecular formula is C11H17NO4. The van der Waals surface area contributed by atoms with Crippen LogP contribution in [0.15, 0.2) is 0 Å². The number of β-amino-alcohol motifs (C(OH)–C–C–N with tert-alkyl or cyclic N) is 1. The third-order valence-electron chi connectivity index (χ3n) is 3.71. The van der Waals surface area contributed by atoms with E-state index in [0.717, 1.165) is 12.8 Å². The number of carboxylic acids is 1. The summed E-state index contributed by atoms with van der Waals surface area (Å²) < 4.78 is 0. The second kappa shape index (κ2) is 4.05. The Balaban J connectivity index is 2.08. The number of piperidine rings is 1. The lowest BCUT2D eigenvalue weighted by Gasteiger charge is -2.41. The van der Waals surface area contributed by atoms with Crippen LogP contribution in [0.2, 0.25) is 0 Å². The topological polar surface area (TPSA) is 77.8 Å². The number of hydrogen-bond acceptors (Lipinski definition) is 3. The van der Waals surface area contributed by atoms with Gasteiger partial charge in [-0.3, -0.25) is 9.59 Å². The molecule has 1 heterocycles. The van der Waals surface area contributed by atoms with Crippen molar-refractivity contribution in [2.45, 2.75) is 38.2 Å². The first-order chi connectivity index (χ1) is 7.56. The number of carbonyl (C=O) groups is 2. The molecule has 1 saturated carbocycles. The van der Waals surface area contributed by atoms with Crippen LogP contribution in [0, 0.1) is 5.41 Å². The van der Waals surface area contributed by atoms with Gasteiger partial charge in [-0.2, -0.15) is 0 Å². The SMILES string of the molecule is O=C(O)C1(C(=O)N2CCCC(O)C2)CCC1. The summed E-state index contributed by atoms with van der Waals surface area (Å²) in [6.07, 6.45) is 2.63. The molecular weight excluding hydrogens is 210 g/mol.